The Bertz CT molecular complexity index is 722. The van der Waals surface area contributed by atoms with Crippen molar-refractivity contribution in [2.24, 2.45) is 0 Å². The summed E-state index contributed by atoms with van der Waals surface area (Å²) in [7, 11) is -5.96. The van der Waals surface area contributed by atoms with Crippen LogP contribution in [0.5, 0.6) is 5.75 Å². The summed E-state index contributed by atoms with van der Waals surface area (Å²) in [6, 6.07) is 0.874. The second-order valence-electron chi connectivity index (χ2n) is 4.09. The number of aromatic amines is 1. The summed E-state index contributed by atoms with van der Waals surface area (Å²) in [5.74, 6) is -1.78. The molecule has 1 rings (SSSR count). The van der Waals surface area contributed by atoms with Crippen molar-refractivity contribution in [3.63, 3.8) is 0 Å². The molecule has 0 aromatic carbocycles. The van der Waals surface area contributed by atoms with E-state index in [1.54, 1.807) is 0 Å². The Morgan fingerprint density at radius 1 is 1.36 bits per heavy atom. The van der Waals surface area contributed by atoms with Crippen LogP contribution in [0.1, 0.15) is 18.2 Å². The molecule has 0 saturated heterocycles. The third kappa shape index (κ3) is 4.23. The molecule has 11 heteroatoms. The third-order valence-electron chi connectivity index (χ3n) is 2.34. The predicted molar refractivity (Wildman–Crippen MR) is 67.7 cm³/mol. The number of aromatic nitrogens is 1. The highest BCUT2D eigenvalue weighted by atomic mass is 32.2. The van der Waals surface area contributed by atoms with Gasteiger partial charge in [0.15, 0.2) is 5.75 Å². The van der Waals surface area contributed by atoms with Crippen molar-refractivity contribution in [3.05, 3.63) is 27.7 Å². The Morgan fingerprint density at radius 2 is 1.95 bits per heavy atom. The minimum atomic E-state index is -5.96. The topological polar surface area (TPSA) is 103 Å². The molecule has 1 aromatic heterocycles. The second kappa shape index (κ2) is 6.38. The van der Waals surface area contributed by atoms with Crippen molar-refractivity contribution in [2.75, 3.05) is 6.61 Å². The molecule has 1 N–H and O–H groups in total. The molecule has 0 spiro atoms. The van der Waals surface area contributed by atoms with Gasteiger partial charge in [-0.25, -0.2) is 0 Å². The highest BCUT2D eigenvalue weighted by molar-refractivity contribution is 7.88. The highest BCUT2D eigenvalue weighted by Crippen LogP contribution is 2.28. The predicted octanol–water partition coefficient (Wildman–Crippen LogP) is 1.02. The van der Waals surface area contributed by atoms with Crippen molar-refractivity contribution in [3.8, 4) is 5.75 Å². The number of nitrogens with one attached hydrogen (secondary N) is 1. The molecule has 0 amide bonds. The van der Waals surface area contributed by atoms with Crippen LogP contribution in [0.15, 0.2) is 10.9 Å². The highest BCUT2D eigenvalue weighted by Gasteiger charge is 2.49. The summed E-state index contributed by atoms with van der Waals surface area (Å²) < 4.78 is 67.6. The van der Waals surface area contributed by atoms with Crippen LogP contribution in [0.3, 0.4) is 0 Å². The molecule has 0 unspecified atom stereocenters. The number of pyridine rings is 1. The van der Waals surface area contributed by atoms with Gasteiger partial charge in [-0.2, -0.15) is 21.6 Å². The van der Waals surface area contributed by atoms with Gasteiger partial charge in [-0.15, -0.1) is 0 Å². The fourth-order valence-electron chi connectivity index (χ4n) is 1.45. The summed E-state index contributed by atoms with van der Waals surface area (Å²) in [5.41, 5.74) is -7.12. The first-order valence-corrected chi connectivity index (χ1v) is 7.28. The Morgan fingerprint density at radius 3 is 2.45 bits per heavy atom. The van der Waals surface area contributed by atoms with Crippen molar-refractivity contribution >= 4 is 16.1 Å². The molecule has 0 fully saturated rings. The smallest absolute Gasteiger partial charge is 0.466 e. The fraction of sp³-hybridized carbons (Fsp3) is 0.455. The lowest BCUT2D eigenvalue weighted by Crippen LogP contribution is -2.30. The minimum Gasteiger partial charge on any atom is -0.466 e. The van der Waals surface area contributed by atoms with E-state index in [-0.39, 0.29) is 12.3 Å². The SMILES string of the molecule is CCOC(=O)Cc1c(OS(=O)(=O)C(F)(F)F)cc(C)[nH]c1=O. The summed E-state index contributed by atoms with van der Waals surface area (Å²) in [6.45, 7) is 2.78. The molecule has 124 valence electrons. The van der Waals surface area contributed by atoms with Crippen LogP contribution in [0.25, 0.3) is 0 Å². The maximum atomic E-state index is 12.3. The lowest BCUT2D eigenvalue weighted by Gasteiger charge is -2.12. The molecular weight excluding hydrogens is 331 g/mol. The number of halogens is 3. The molecule has 1 aromatic rings. The van der Waals surface area contributed by atoms with Gasteiger partial charge in [0.2, 0.25) is 0 Å². The molecular formula is C11H12F3NO6S. The number of alkyl halides is 3. The van der Waals surface area contributed by atoms with Gasteiger partial charge in [0.05, 0.1) is 18.6 Å². The lowest BCUT2D eigenvalue weighted by molar-refractivity contribution is -0.142. The monoisotopic (exact) mass is 343 g/mol. The number of esters is 1. The largest absolute Gasteiger partial charge is 0.534 e. The van der Waals surface area contributed by atoms with Crippen LogP contribution in [0, 0.1) is 6.92 Å². The van der Waals surface area contributed by atoms with Crippen molar-refractivity contribution < 1.29 is 35.3 Å². The number of aryl methyl sites for hydroxylation is 1. The molecule has 22 heavy (non-hydrogen) atoms. The van der Waals surface area contributed by atoms with Crippen LogP contribution < -0.4 is 9.74 Å². The van der Waals surface area contributed by atoms with Gasteiger partial charge < -0.3 is 13.9 Å². The molecule has 0 saturated carbocycles. The maximum Gasteiger partial charge on any atom is 0.534 e. The van der Waals surface area contributed by atoms with Gasteiger partial charge in [-0.05, 0) is 13.8 Å². The van der Waals surface area contributed by atoms with E-state index in [2.05, 4.69) is 13.9 Å². The van der Waals surface area contributed by atoms with Gasteiger partial charge in [-0.3, -0.25) is 9.59 Å². The normalized spacial score (nSPS) is 12.0. The Kier molecular flexibility index (Phi) is 5.22. The lowest BCUT2D eigenvalue weighted by atomic mass is 10.1. The second-order valence-corrected chi connectivity index (χ2v) is 5.63. The zero-order chi connectivity index (χ0) is 17.1. The van der Waals surface area contributed by atoms with Gasteiger partial charge in [0.1, 0.15) is 0 Å². The van der Waals surface area contributed by atoms with Crippen LogP contribution in [-0.2, 0) is 26.1 Å². The van der Waals surface area contributed by atoms with E-state index in [0.717, 1.165) is 6.07 Å². The Balaban J connectivity index is 3.30. The number of rotatable bonds is 5. The van der Waals surface area contributed by atoms with Crippen molar-refractivity contribution in [1.29, 1.82) is 0 Å². The van der Waals surface area contributed by atoms with E-state index in [1.807, 2.05) is 0 Å². The van der Waals surface area contributed by atoms with Crippen LogP contribution in [-0.4, -0.2) is 31.5 Å². The first-order chi connectivity index (χ1) is 9.98. The summed E-state index contributed by atoms with van der Waals surface area (Å²) in [4.78, 5) is 25.3. The zero-order valence-corrected chi connectivity index (χ0v) is 12.3. The molecule has 0 aliphatic carbocycles. The van der Waals surface area contributed by atoms with Crippen molar-refractivity contribution in [2.45, 2.75) is 25.8 Å². The van der Waals surface area contributed by atoms with E-state index in [1.165, 1.54) is 13.8 Å². The number of carbonyl (C=O) groups is 1. The molecule has 0 atom stereocenters. The Labute approximate surface area is 123 Å². The van der Waals surface area contributed by atoms with Crippen LogP contribution in [0.4, 0.5) is 13.2 Å². The molecule has 7 nitrogen and oxygen atoms in total. The summed E-state index contributed by atoms with van der Waals surface area (Å²) >= 11 is 0. The summed E-state index contributed by atoms with van der Waals surface area (Å²) in [5, 5.41) is 0. The number of hydrogen-bond acceptors (Lipinski definition) is 6. The van der Waals surface area contributed by atoms with E-state index >= 15 is 0 Å². The van der Waals surface area contributed by atoms with E-state index in [9.17, 15) is 31.2 Å². The van der Waals surface area contributed by atoms with Gasteiger partial charge in [0.25, 0.3) is 5.56 Å². The molecule has 0 bridgehead atoms. The number of carbonyl (C=O) groups excluding carboxylic acids is 1. The van der Waals surface area contributed by atoms with E-state index < -0.39 is 44.9 Å². The van der Waals surface area contributed by atoms with E-state index in [4.69, 9.17) is 0 Å². The van der Waals surface area contributed by atoms with Gasteiger partial charge in [0, 0.05) is 11.8 Å². The molecule has 0 aliphatic rings. The molecule has 0 aliphatic heterocycles. The van der Waals surface area contributed by atoms with Crippen LogP contribution >= 0.6 is 0 Å². The molecule has 1 heterocycles. The first-order valence-electron chi connectivity index (χ1n) is 5.87. The average Bonchev–Trinajstić information content (AvgIpc) is 2.32. The number of hydrogen-bond donors (Lipinski definition) is 1. The van der Waals surface area contributed by atoms with E-state index in [0.29, 0.717) is 0 Å². The van der Waals surface area contributed by atoms with Gasteiger partial charge in [-0.1, -0.05) is 0 Å². The zero-order valence-electron chi connectivity index (χ0n) is 11.5. The van der Waals surface area contributed by atoms with Gasteiger partial charge >= 0.3 is 21.6 Å². The first kappa shape index (κ1) is 18.0. The average molecular weight is 343 g/mol. The molecule has 0 radical (unpaired) electrons. The van der Waals surface area contributed by atoms with Crippen LogP contribution in [0.2, 0.25) is 0 Å². The standard InChI is InChI=1S/C11H12F3NO6S/c1-3-20-9(16)5-7-8(4-6(2)15-10(7)17)21-22(18,19)11(12,13)14/h4H,3,5H2,1-2H3,(H,15,17). The third-order valence-corrected chi connectivity index (χ3v) is 3.31. The fourth-order valence-corrected chi connectivity index (χ4v) is 1.93. The maximum absolute atomic E-state index is 12.3. The number of H-pyrrole nitrogens is 1. The minimum absolute atomic E-state index is 0.0142. The Hall–Kier alpha value is -2.04. The quantitative estimate of drug-likeness (QED) is 0.486. The van der Waals surface area contributed by atoms with Crippen molar-refractivity contribution in [1.82, 2.24) is 4.98 Å². The number of ether oxygens (including phenoxy) is 1. The summed E-state index contributed by atoms with van der Waals surface area (Å²) in [6.07, 6.45) is -0.730.